The molecular formula is C28H35N7O3S. The molecule has 0 bridgehead atoms. The maximum absolute atomic E-state index is 13.9. The molecule has 39 heavy (non-hydrogen) atoms. The van der Waals surface area contributed by atoms with Crippen molar-refractivity contribution in [3.63, 3.8) is 0 Å². The first-order valence-electron chi connectivity index (χ1n) is 13.2. The zero-order chi connectivity index (χ0) is 27.8. The van der Waals surface area contributed by atoms with Gasteiger partial charge in [-0.05, 0) is 56.5 Å². The Morgan fingerprint density at radius 2 is 1.79 bits per heavy atom. The molecule has 2 N–H and O–H groups in total. The van der Waals surface area contributed by atoms with Crippen LogP contribution in [-0.4, -0.2) is 72.4 Å². The highest BCUT2D eigenvalue weighted by Crippen LogP contribution is 2.39. The molecule has 0 radical (unpaired) electrons. The van der Waals surface area contributed by atoms with Gasteiger partial charge >= 0.3 is 0 Å². The molecule has 3 aromatic rings. The van der Waals surface area contributed by atoms with Gasteiger partial charge in [-0.3, -0.25) is 14.7 Å². The highest BCUT2D eigenvalue weighted by molar-refractivity contribution is 7.91. The first-order valence-corrected chi connectivity index (χ1v) is 14.7. The summed E-state index contributed by atoms with van der Waals surface area (Å²) in [5.41, 5.74) is 6.42. The topological polar surface area (TPSA) is 126 Å². The number of sulfone groups is 1. The number of anilines is 2. The summed E-state index contributed by atoms with van der Waals surface area (Å²) in [5, 5.41) is -0.121. The number of aromatic nitrogens is 3. The average Bonchev–Trinajstić information content (AvgIpc) is 3.20. The average molecular weight is 550 g/mol. The lowest BCUT2D eigenvalue weighted by atomic mass is 9.97. The molecule has 2 aliphatic rings. The van der Waals surface area contributed by atoms with Gasteiger partial charge in [0.2, 0.25) is 9.84 Å². The summed E-state index contributed by atoms with van der Waals surface area (Å²) in [6, 6.07) is 12.2. The van der Waals surface area contributed by atoms with E-state index in [1.807, 2.05) is 29.2 Å². The zero-order valence-electron chi connectivity index (χ0n) is 22.6. The standard InChI is InChI=1S/C28H35N7O3S/c1-20-17-28(2,3)35(18-20)27-25(26(29)36)22(10-12-31-27)39(37,38)24-9-6-8-23(32-24)34-15-13-33(14-16-34)19-21-7-4-5-11-30-21/h4-12,20H,13-19H2,1-3H3,(H2,29,36). The fourth-order valence-corrected chi connectivity index (χ4v) is 7.15. The Morgan fingerprint density at radius 3 is 2.44 bits per heavy atom. The van der Waals surface area contributed by atoms with Crippen molar-refractivity contribution in [3.8, 4) is 0 Å². The van der Waals surface area contributed by atoms with Gasteiger partial charge in [-0.15, -0.1) is 0 Å². The molecule has 2 saturated heterocycles. The minimum Gasteiger partial charge on any atom is -0.365 e. The SMILES string of the molecule is CC1CN(c2nccc(S(=O)(=O)c3cccc(N4CCN(Cc5ccccn5)CC4)n3)c2C(N)=O)C(C)(C)C1. The predicted octanol–water partition coefficient (Wildman–Crippen LogP) is 2.75. The molecule has 11 heteroatoms. The van der Waals surface area contributed by atoms with Gasteiger partial charge in [0.1, 0.15) is 17.2 Å². The van der Waals surface area contributed by atoms with Crippen LogP contribution in [0.25, 0.3) is 0 Å². The predicted molar refractivity (Wildman–Crippen MR) is 149 cm³/mol. The van der Waals surface area contributed by atoms with Crippen LogP contribution in [0.1, 0.15) is 43.2 Å². The summed E-state index contributed by atoms with van der Waals surface area (Å²) < 4.78 is 27.8. The van der Waals surface area contributed by atoms with Gasteiger partial charge < -0.3 is 15.5 Å². The monoisotopic (exact) mass is 549 g/mol. The number of rotatable bonds is 7. The number of nitrogens with zero attached hydrogens (tertiary/aromatic N) is 6. The molecule has 1 unspecified atom stereocenters. The summed E-state index contributed by atoms with van der Waals surface area (Å²) in [6.07, 6.45) is 4.12. The van der Waals surface area contributed by atoms with Crippen LogP contribution in [0, 0.1) is 5.92 Å². The molecule has 1 atom stereocenters. The van der Waals surface area contributed by atoms with E-state index in [0.717, 1.165) is 31.7 Å². The minimum absolute atomic E-state index is 0.0880. The maximum Gasteiger partial charge on any atom is 0.253 e. The van der Waals surface area contributed by atoms with Gasteiger partial charge in [-0.25, -0.2) is 18.4 Å². The van der Waals surface area contributed by atoms with Crippen molar-refractivity contribution in [3.05, 3.63) is 66.1 Å². The lowest BCUT2D eigenvalue weighted by Crippen LogP contribution is -2.46. The van der Waals surface area contributed by atoms with Crippen molar-refractivity contribution in [1.82, 2.24) is 19.9 Å². The zero-order valence-corrected chi connectivity index (χ0v) is 23.4. The smallest absolute Gasteiger partial charge is 0.253 e. The molecule has 0 saturated carbocycles. The third-order valence-corrected chi connectivity index (χ3v) is 9.25. The Kier molecular flexibility index (Phi) is 7.30. The number of piperazine rings is 1. The van der Waals surface area contributed by atoms with E-state index in [1.165, 1.54) is 18.3 Å². The molecule has 0 spiro atoms. The van der Waals surface area contributed by atoms with Gasteiger partial charge in [-0.2, -0.15) is 0 Å². The molecule has 206 valence electrons. The van der Waals surface area contributed by atoms with Crippen LogP contribution in [-0.2, 0) is 16.4 Å². The van der Waals surface area contributed by atoms with Gasteiger partial charge in [-0.1, -0.05) is 19.1 Å². The largest absolute Gasteiger partial charge is 0.365 e. The molecule has 1 amide bonds. The van der Waals surface area contributed by atoms with Crippen molar-refractivity contribution < 1.29 is 13.2 Å². The maximum atomic E-state index is 13.9. The quantitative estimate of drug-likeness (QED) is 0.473. The van der Waals surface area contributed by atoms with Crippen molar-refractivity contribution in [1.29, 1.82) is 0 Å². The molecule has 2 fully saturated rings. The Balaban J connectivity index is 1.41. The second-order valence-electron chi connectivity index (χ2n) is 11.0. The molecular weight excluding hydrogens is 514 g/mol. The van der Waals surface area contributed by atoms with E-state index in [1.54, 1.807) is 12.3 Å². The van der Waals surface area contributed by atoms with E-state index in [0.29, 0.717) is 37.2 Å². The highest BCUT2D eigenvalue weighted by Gasteiger charge is 2.40. The van der Waals surface area contributed by atoms with Gasteiger partial charge in [0.15, 0.2) is 5.03 Å². The van der Waals surface area contributed by atoms with E-state index >= 15 is 0 Å². The summed E-state index contributed by atoms with van der Waals surface area (Å²) >= 11 is 0. The van der Waals surface area contributed by atoms with Crippen LogP contribution in [0.4, 0.5) is 11.6 Å². The number of hydrogen-bond donors (Lipinski definition) is 1. The summed E-state index contributed by atoms with van der Waals surface area (Å²) in [5.74, 6) is 0.425. The van der Waals surface area contributed by atoms with Gasteiger partial charge in [0.05, 0.1) is 10.6 Å². The Morgan fingerprint density at radius 1 is 1.03 bits per heavy atom. The lowest BCUT2D eigenvalue weighted by molar-refractivity contribution is 0.0997. The molecule has 0 aromatic carbocycles. The third kappa shape index (κ3) is 5.46. The Hall–Kier alpha value is -3.57. The highest BCUT2D eigenvalue weighted by atomic mass is 32.2. The van der Waals surface area contributed by atoms with Crippen LogP contribution < -0.4 is 15.5 Å². The van der Waals surface area contributed by atoms with E-state index in [4.69, 9.17) is 5.73 Å². The van der Waals surface area contributed by atoms with E-state index in [2.05, 4.69) is 45.5 Å². The van der Waals surface area contributed by atoms with Crippen molar-refractivity contribution in [2.24, 2.45) is 11.7 Å². The van der Waals surface area contributed by atoms with Crippen LogP contribution in [0.3, 0.4) is 0 Å². The number of pyridine rings is 3. The minimum atomic E-state index is -4.15. The number of carbonyl (C=O) groups is 1. The fraction of sp³-hybridized carbons (Fsp3) is 0.429. The Labute approximate surface area is 229 Å². The van der Waals surface area contributed by atoms with Crippen LogP contribution in [0.15, 0.2) is 64.8 Å². The number of primary amides is 1. The summed E-state index contributed by atoms with van der Waals surface area (Å²) in [6.45, 7) is 10.7. The normalized spacial score (nSPS) is 19.8. The van der Waals surface area contributed by atoms with Crippen molar-refractivity contribution in [2.45, 2.75) is 49.2 Å². The first-order chi connectivity index (χ1) is 18.6. The number of hydrogen-bond acceptors (Lipinski definition) is 9. The molecule has 10 nitrogen and oxygen atoms in total. The van der Waals surface area contributed by atoms with Crippen LogP contribution in [0.5, 0.6) is 0 Å². The molecule has 0 aliphatic carbocycles. The molecule has 5 rings (SSSR count). The third-order valence-electron chi connectivity index (χ3n) is 7.55. The van der Waals surface area contributed by atoms with Gasteiger partial charge in [0, 0.05) is 57.2 Å². The number of carbonyl (C=O) groups excluding carboxylic acids is 1. The molecule has 3 aromatic heterocycles. The summed E-state index contributed by atoms with van der Waals surface area (Å²) in [4.78, 5) is 32.3. The molecule has 5 heterocycles. The second-order valence-corrected chi connectivity index (χ2v) is 12.9. The Bertz CT molecular complexity index is 1450. The number of amides is 1. The van der Waals surface area contributed by atoms with Crippen molar-refractivity contribution >= 4 is 27.4 Å². The lowest BCUT2D eigenvalue weighted by Gasteiger charge is -2.35. The van der Waals surface area contributed by atoms with E-state index in [9.17, 15) is 13.2 Å². The first kappa shape index (κ1) is 27.0. The number of nitrogens with two attached hydrogens (primary N) is 1. The van der Waals surface area contributed by atoms with Crippen molar-refractivity contribution in [2.75, 3.05) is 42.5 Å². The molecule has 2 aliphatic heterocycles. The van der Waals surface area contributed by atoms with E-state index in [-0.39, 0.29) is 21.0 Å². The van der Waals surface area contributed by atoms with Gasteiger partial charge in [0.25, 0.3) is 5.91 Å². The van der Waals surface area contributed by atoms with Crippen LogP contribution >= 0.6 is 0 Å². The fourth-order valence-electron chi connectivity index (χ4n) is 5.75. The summed E-state index contributed by atoms with van der Waals surface area (Å²) in [7, 11) is -4.15. The second kappa shape index (κ2) is 10.5. The van der Waals surface area contributed by atoms with Crippen LogP contribution in [0.2, 0.25) is 0 Å². The van der Waals surface area contributed by atoms with E-state index < -0.39 is 15.7 Å².